The average Bonchev–Trinajstić information content (AvgIpc) is 2.29. The fourth-order valence-electron chi connectivity index (χ4n) is 1.97. The van der Waals surface area contributed by atoms with Crippen molar-refractivity contribution in [2.45, 2.75) is 25.3 Å². The van der Waals surface area contributed by atoms with Gasteiger partial charge in [0.2, 0.25) is 0 Å². The zero-order valence-corrected chi connectivity index (χ0v) is 9.19. The van der Waals surface area contributed by atoms with Crippen molar-refractivity contribution in [1.29, 1.82) is 0 Å². The van der Waals surface area contributed by atoms with E-state index in [9.17, 15) is 5.11 Å². The molecular formula is C10H14ClN3O. The Hall–Kier alpha value is -0.870. The first-order valence-corrected chi connectivity index (χ1v) is 5.54. The number of anilines is 1. The minimum atomic E-state index is 0.168. The van der Waals surface area contributed by atoms with Gasteiger partial charge in [0.15, 0.2) is 0 Å². The highest BCUT2D eigenvalue weighted by Crippen LogP contribution is 2.23. The minimum absolute atomic E-state index is 0.168. The summed E-state index contributed by atoms with van der Waals surface area (Å²) in [6.07, 6.45) is 4.78. The average molecular weight is 228 g/mol. The van der Waals surface area contributed by atoms with Crippen LogP contribution in [0.5, 0.6) is 0 Å². The molecule has 0 aromatic carbocycles. The van der Waals surface area contributed by atoms with Crippen molar-refractivity contribution in [3.05, 3.63) is 17.5 Å². The molecule has 82 valence electrons. The third kappa shape index (κ3) is 2.38. The Labute approximate surface area is 93.9 Å². The third-order valence-corrected chi connectivity index (χ3v) is 2.96. The van der Waals surface area contributed by atoms with Crippen LogP contribution in [0.2, 0.25) is 5.15 Å². The Kier molecular flexibility index (Phi) is 3.38. The van der Waals surface area contributed by atoms with Crippen LogP contribution >= 0.6 is 11.6 Å². The Morgan fingerprint density at radius 1 is 1.47 bits per heavy atom. The molecule has 0 saturated carbocycles. The lowest BCUT2D eigenvalue weighted by Gasteiger charge is -2.35. The molecule has 15 heavy (non-hydrogen) atoms. The largest absolute Gasteiger partial charge is 0.394 e. The summed E-state index contributed by atoms with van der Waals surface area (Å²) < 4.78 is 0. The van der Waals surface area contributed by atoms with Crippen LogP contribution in [0.1, 0.15) is 19.3 Å². The van der Waals surface area contributed by atoms with Gasteiger partial charge in [0.1, 0.15) is 17.3 Å². The fraction of sp³-hybridized carbons (Fsp3) is 0.600. The van der Waals surface area contributed by atoms with Gasteiger partial charge >= 0.3 is 0 Å². The standard InChI is InChI=1S/C10H14ClN3O/c11-9-5-10(13-7-12-9)14-4-2-1-3-8(14)6-15/h5,7-8,15H,1-4,6H2/t8-/m0/s1. The van der Waals surface area contributed by atoms with E-state index in [0.29, 0.717) is 5.15 Å². The third-order valence-electron chi connectivity index (χ3n) is 2.75. The summed E-state index contributed by atoms with van der Waals surface area (Å²) in [5.74, 6) is 0.814. The summed E-state index contributed by atoms with van der Waals surface area (Å²) in [7, 11) is 0. The van der Waals surface area contributed by atoms with Crippen molar-refractivity contribution in [1.82, 2.24) is 9.97 Å². The normalized spacial score (nSPS) is 21.7. The van der Waals surface area contributed by atoms with Crippen LogP contribution in [0.25, 0.3) is 0 Å². The summed E-state index contributed by atoms with van der Waals surface area (Å²) in [5, 5.41) is 9.72. The number of rotatable bonds is 2. The van der Waals surface area contributed by atoms with Crippen LogP contribution in [0.4, 0.5) is 5.82 Å². The van der Waals surface area contributed by atoms with E-state index < -0.39 is 0 Å². The lowest BCUT2D eigenvalue weighted by molar-refractivity contribution is 0.239. The van der Waals surface area contributed by atoms with E-state index in [0.717, 1.165) is 25.2 Å². The highest BCUT2D eigenvalue weighted by atomic mass is 35.5. The molecule has 1 saturated heterocycles. The van der Waals surface area contributed by atoms with Gasteiger partial charge in [-0.25, -0.2) is 9.97 Å². The molecule has 0 amide bonds. The molecular weight excluding hydrogens is 214 g/mol. The van der Waals surface area contributed by atoms with Crippen molar-refractivity contribution in [2.24, 2.45) is 0 Å². The SMILES string of the molecule is OC[C@@H]1CCCCN1c1cc(Cl)ncn1. The number of aliphatic hydroxyl groups is 1. The first-order valence-electron chi connectivity index (χ1n) is 5.16. The van der Waals surface area contributed by atoms with Crippen molar-refractivity contribution in [3.8, 4) is 0 Å². The Morgan fingerprint density at radius 3 is 3.07 bits per heavy atom. The Balaban J connectivity index is 2.20. The molecule has 4 nitrogen and oxygen atoms in total. The van der Waals surface area contributed by atoms with Gasteiger partial charge in [-0.05, 0) is 19.3 Å². The van der Waals surface area contributed by atoms with E-state index in [1.165, 1.54) is 12.7 Å². The molecule has 1 N–H and O–H groups in total. The molecule has 1 aliphatic heterocycles. The maximum absolute atomic E-state index is 9.27. The van der Waals surface area contributed by atoms with Crippen molar-refractivity contribution < 1.29 is 5.11 Å². The van der Waals surface area contributed by atoms with E-state index in [1.807, 2.05) is 0 Å². The van der Waals surface area contributed by atoms with E-state index in [2.05, 4.69) is 14.9 Å². The van der Waals surface area contributed by atoms with Crippen molar-refractivity contribution in [3.63, 3.8) is 0 Å². The number of aliphatic hydroxyl groups excluding tert-OH is 1. The van der Waals surface area contributed by atoms with Gasteiger partial charge in [0.05, 0.1) is 12.6 Å². The van der Waals surface area contributed by atoms with Gasteiger partial charge in [-0.3, -0.25) is 0 Å². The number of hydrogen-bond donors (Lipinski definition) is 1. The molecule has 0 aliphatic carbocycles. The highest BCUT2D eigenvalue weighted by molar-refractivity contribution is 6.29. The fourth-order valence-corrected chi connectivity index (χ4v) is 2.11. The summed E-state index contributed by atoms with van der Waals surface area (Å²) in [4.78, 5) is 10.1. The van der Waals surface area contributed by atoms with Crippen LogP contribution in [0, 0.1) is 0 Å². The van der Waals surface area contributed by atoms with Crippen LogP contribution in [0.15, 0.2) is 12.4 Å². The molecule has 5 heteroatoms. The molecule has 2 heterocycles. The van der Waals surface area contributed by atoms with E-state index >= 15 is 0 Å². The second-order valence-electron chi connectivity index (χ2n) is 3.72. The number of aromatic nitrogens is 2. The van der Waals surface area contributed by atoms with Gasteiger partial charge in [-0.2, -0.15) is 0 Å². The molecule has 0 radical (unpaired) electrons. The second kappa shape index (κ2) is 4.77. The van der Waals surface area contributed by atoms with Gasteiger partial charge in [-0.1, -0.05) is 11.6 Å². The Bertz CT molecular complexity index is 334. The topological polar surface area (TPSA) is 49.2 Å². The van der Waals surface area contributed by atoms with Crippen LogP contribution in [-0.2, 0) is 0 Å². The van der Waals surface area contributed by atoms with E-state index in [-0.39, 0.29) is 12.6 Å². The highest BCUT2D eigenvalue weighted by Gasteiger charge is 2.22. The predicted molar refractivity (Wildman–Crippen MR) is 59.1 cm³/mol. The summed E-state index contributed by atoms with van der Waals surface area (Å²) in [6.45, 7) is 1.10. The second-order valence-corrected chi connectivity index (χ2v) is 4.11. The van der Waals surface area contributed by atoms with Crippen LogP contribution in [-0.4, -0.2) is 34.3 Å². The zero-order valence-electron chi connectivity index (χ0n) is 8.43. The molecule has 0 unspecified atom stereocenters. The summed E-state index contributed by atoms with van der Waals surface area (Å²) in [5.41, 5.74) is 0. The van der Waals surface area contributed by atoms with Crippen LogP contribution in [0.3, 0.4) is 0 Å². The zero-order chi connectivity index (χ0) is 10.7. The van der Waals surface area contributed by atoms with Crippen LogP contribution < -0.4 is 4.90 Å². The van der Waals surface area contributed by atoms with E-state index in [1.54, 1.807) is 6.07 Å². The predicted octanol–water partition coefficient (Wildman–Crippen LogP) is 1.48. The molecule has 1 aliphatic rings. The van der Waals surface area contributed by atoms with Crippen molar-refractivity contribution >= 4 is 17.4 Å². The van der Waals surface area contributed by atoms with Gasteiger partial charge in [-0.15, -0.1) is 0 Å². The maximum Gasteiger partial charge on any atom is 0.134 e. The number of hydrogen-bond acceptors (Lipinski definition) is 4. The lowest BCUT2D eigenvalue weighted by Crippen LogP contribution is -2.42. The molecule has 1 aromatic rings. The molecule has 1 aromatic heterocycles. The maximum atomic E-state index is 9.27. The lowest BCUT2D eigenvalue weighted by atomic mass is 10.0. The Morgan fingerprint density at radius 2 is 2.33 bits per heavy atom. The molecule has 0 bridgehead atoms. The van der Waals surface area contributed by atoms with Crippen molar-refractivity contribution in [2.75, 3.05) is 18.1 Å². The number of halogens is 1. The minimum Gasteiger partial charge on any atom is -0.394 e. The molecule has 2 rings (SSSR count). The van der Waals surface area contributed by atoms with E-state index in [4.69, 9.17) is 11.6 Å². The van der Waals surface area contributed by atoms with Gasteiger partial charge in [0, 0.05) is 12.6 Å². The van der Waals surface area contributed by atoms with Gasteiger partial charge in [0.25, 0.3) is 0 Å². The number of nitrogens with zero attached hydrogens (tertiary/aromatic N) is 3. The first-order chi connectivity index (χ1) is 7.31. The molecule has 1 fully saturated rings. The monoisotopic (exact) mass is 227 g/mol. The quantitative estimate of drug-likeness (QED) is 0.778. The molecule has 1 atom stereocenters. The first kappa shape index (κ1) is 10.6. The summed E-state index contributed by atoms with van der Waals surface area (Å²) in [6, 6.07) is 1.92. The van der Waals surface area contributed by atoms with Gasteiger partial charge < -0.3 is 10.0 Å². The molecule has 0 spiro atoms. The summed E-state index contributed by atoms with van der Waals surface area (Å²) >= 11 is 5.81. The smallest absolute Gasteiger partial charge is 0.134 e. The number of piperidine rings is 1.